The van der Waals surface area contributed by atoms with E-state index in [1.807, 2.05) is 0 Å². The van der Waals surface area contributed by atoms with Gasteiger partial charge in [0.25, 0.3) is 11.8 Å². The van der Waals surface area contributed by atoms with Gasteiger partial charge in [-0.3, -0.25) is 9.59 Å². The molecule has 0 aromatic heterocycles. The molecule has 9 nitrogen and oxygen atoms in total. The Balaban J connectivity index is 1.37. The van der Waals surface area contributed by atoms with Crippen LogP contribution in [-0.2, 0) is 19.6 Å². The summed E-state index contributed by atoms with van der Waals surface area (Å²) in [5.74, 6) is 0.357. The average molecular weight is 472 g/mol. The topological polar surface area (TPSA) is 105 Å². The number of nitrogens with zero attached hydrogens (tertiary/aromatic N) is 2. The van der Waals surface area contributed by atoms with Crippen LogP contribution in [-0.4, -0.2) is 57.9 Å². The van der Waals surface area contributed by atoms with E-state index in [1.165, 1.54) is 36.7 Å². The molecule has 2 aromatic carbocycles. The number of hydrogen-bond acceptors (Lipinski definition) is 7. The van der Waals surface area contributed by atoms with E-state index in [0.717, 1.165) is 4.90 Å². The van der Waals surface area contributed by atoms with Crippen LogP contribution in [0.2, 0.25) is 0 Å². The standard InChI is InChI=1S/C23H25N3O6S/c1-31-18-5-3-17(4-6-18)26-22(27)15-21(23(26)28)24-16-11-13-25(14-12-16)33(29,30)20-9-7-19(32-2)8-10-20/h3-10,15-16,24H,11-14H2,1-2H3. The van der Waals surface area contributed by atoms with Gasteiger partial charge in [0.05, 0.1) is 24.8 Å². The minimum atomic E-state index is -3.61. The van der Waals surface area contributed by atoms with Crippen LogP contribution in [0.1, 0.15) is 12.8 Å². The molecule has 1 fully saturated rings. The van der Waals surface area contributed by atoms with E-state index in [9.17, 15) is 18.0 Å². The van der Waals surface area contributed by atoms with E-state index in [-0.39, 0.29) is 16.6 Å². The second-order valence-corrected chi connectivity index (χ2v) is 9.67. The van der Waals surface area contributed by atoms with E-state index < -0.39 is 21.8 Å². The van der Waals surface area contributed by atoms with Gasteiger partial charge >= 0.3 is 0 Å². The van der Waals surface area contributed by atoms with Crippen molar-refractivity contribution >= 4 is 27.5 Å². The second kappa shape index (κ2) is 9.24. The molecule has 0 spiro atoms. The van der Waals surface area contributed by atoms with Crippen molar-refractivity contribution in [1.82, 2.24) is 9.62 Å². The van der Waals surface area contributed by atoms with Gasteiger partial charge in [0.1, 0.15) is 17.2 Å². The van der Waals surface area contributed by atoms with E-state index in [4.69, 9.17) is 9.47 Å². The van der Waals surface area contributed by atoms with Gasteiger partial charge in [0.2, 0.25) is 10.0 Å². The van der Waals surface area contributed by atoms with Gasteiger partial charge in [-0.05, 0) is 61.4 Å². The summed E-state index contributed by atoms with van der Waals surface area (Å²) >= 11 is 0. The summed E-state index contributed by atoms with van der Waals surface area (Å²) in [5, 5.41) is 3.13. The number of piperidine rings is 1. The van der Waals surface area contributed by atoms with Gasteiger partial charge in [-0.25, -0.2) is 13.3 Å². The molecular weight excluding hydrogens is 446 g/mol. The Morgan fingerprint density at radius 1 is 0.879 bits per heavy atom. The monoisotopic (exact) mass is 471 g/mol. The molecule has 0 unspecified atom stereocenters. The highest BCUT2D eigenvalue weighted by Gasteiger charge is 2.35. The summed E-state index contributed by atoms with van der Waals surface area (Å²) in [6.45, 7) is 0.618. The van der Waals surface area contributed by atoms with Crippen LogP contribution in [0.4, 0.5) is 5.69 Å². The van der Waals surface area contributed by atoms with Crippen LogP contribution < -0.4 is 19.7 Å². The summed E-state index contributed by atoms with van der Waals surface area (Å²) in [5.41, 5.74) is 0.673. The Morgan fingerprint density at radius 3 is 1.97 bits per heavy atom. The normalized spacial score (nSPS) is 17.8. The van der Waals surface area contributed by atoms with Gasteiger partial charge in [0, 0.05) is 25.2 Å². The highest BCUT2D eigenvalue weighted by molar-refractivity contribution is 7.89. The lowest BCUT2D eigenvalue weighted by molar-refractivity contribution is -0.120. The van der Waals surface area contributed by atoms with Gasteiger partial charge < -0.3 is 14.8 Å². The molecule has 33 heavy (non-hydrogen) atoms. The third kappa shape index (κ3) is 4.57. The van der Waals surface area contributed by atoms with Gasteiger partial charge in [-0.2, -0.15) is 4.31 Å². The van der Waals surface area contributed by atoms with Crippen LogP contribution in [0.15, 0.2) is 65.2 Å². The molecule has 2 amide bonds. The number of sulfonamides is 1. The molecule has 2 heterocycles. The van der Waals surface area contributed by atoms with Crippen molar-refractivity contribution in [1.29, 1.82) is 0 Å². The zero-order valence-electron chi connectivity index (χ0n) is 18.4. The number of methoxy groups -OCH3 is 2. The molecule has 4 rings (SSSR count). The largest absolute Gasteiger partial charge is 0.497 e. The number of hydrogen-bond donors (Lipinski definition) is 1. The number of nitrogens with one attached hydrogen (secondary N) is 1. The molecule has 0 radical (unpaired) electrons. The van der Waals surface area contributed by atoms with Crippen molar-refractivity contribution in [3.63, 3.8) is 0 Å². The Kier molecular flexibility index (Phi) is 6.39. The molecule has 0 aliphatic carbocycles. The fourth-order valence-electron chi connectivity index (χ4n) is 3.91. The molecule has 2 aliphatic heterocycles. The van der Waals surface area contributed by atoms with E-state index in [2.05, 4.69) is 5.32 Å². The fraction of sp³-hybridized carbons (Fsp3) is 0.304. The van der Waals surface area contributed by atoms with Crippen molar-refractivity contribution in [2.24, 2.45) is 0 Å². The van der Waals surface area contributed by atoms with Crippen LogP contribution in [0.3, 0.4) is 0 Å². The van der Waals surface area contributed by atoms with E-state index in [1.54, 1.807) is 36.4 Å². The zero-order valence-corrected chi connectivity index (χ0v) is 19.2. The Morgan fingerprint density at radius 2 is 1.42 bits per heavy atom. The number of benzene rings is 2. The van der Waals surface area contributed by atoms with Crippen molar-refractivity contribution in [3.05, 3.63) is 60.3 Å². The summed E-state index contributed by atoms with van der Waals surface area (Å²) in [4.78, 5) is 26.6. The molecule has 0 bridgehead atoms. The molecule has 2 aliphatic rings. The minimum Gasteiger partial charge on any atom is -0.497 e. The maximum absolute atomic E-state index is 12.9. The number of carbonyl (C=O) groups is 2. The quantitative estimate of drug-likeness (QED) is 0.615. The third-order valence-electron chi connectivity index (χ3n) is 5.76. The van der Waals surface area contributed by atoms with Crippen LogP contribution >= 0.6 is 0 Å². The molecule has 0 saturated carbocycles. The van der Waals surface area contributed by atoms with Crippen LogP contribution in [0, 0.1) is 0 Å². The van der Waals surface area contributed by atoms with E-state index in [0.29, 0.717) is 43.1 Å². The predicted molar refractivity (Wildman–Crippen MR) is 121 cm³/mol. The lowest BCUT2D eigenvalue weighted by Crippen LogP contribution is -2.45. The molecule has 2 aromatic rings. The van der Waals surface area contributed by atoms with Crippen LogP contribution in [0.25, 0.3) is 0 Å². The number of rotatable bonds is 7. The number of amides is 2. The first-order valence-electron chi connectivity index (χ1n) is 10.5. The Bertz CT molecular complexity index is 1170. The summed E-state index contributed by atoms with van der Waals surface area (Å²) in [6, 6.07) is 12.8. The highest BCUT2D eigenvalue weighted by Crippen LogP contribution is 2.26. The van der Waals surface area contributed by atoms with Crippen molar-refractivity contribution in [2.45, 2.75) is 23.8 Å². The first-order chi connectivity index (χ1) is 15.8. The first-order valence-corrected chi connectivity index (χ1v) is 11.9. The van der Waals surface area contributed by atoms with Gasteiger partial charge in [-0.1, -0.05) is 0 Å². The number of carbonyl (C=O) groups excluding carboxylic acids is 2. The SMILES string of the molecule is COc1ccc(N2C(=O)C=C(NC3CCN(S(=O)(=O)c4ccc(OC)cc4)CC3)C2=O)cc1. The Hall–Kier alpha value is -3.37. The maximum Gasteiger partial charge on any atom is 0.281 e. The van der Waals surface area contributed by atoms with E-state index >= 15 is 0 Å². The smallest absolute Gasteiger partial charge is 0.281 e. The van der Waals surface area contributed by atoms with Gasteiger partial charge in [-0.15, -0.1) is 0 Å². The zero-order chi connectivity index (χ0) is 23.6. The second-order valence-electron chi connectivity index (χ2n) is 7.73. The molecule has 1 saturated heterocycles. The van der Waals surface area contributed by atoms with Gasteiger partial charge in [0.15, 0.2) is 0 Å². The highest BCUT2D eigenvalue weighted by atomic mass is 32.2. The number of ether oxygens (including phenoxy) is 2. The molecule has 10 heteroatoms. The summed E-state index contributed by atoms with van der Waals surface area (Å²) in [7, 11) is -0.549. The van der Waals surface area contributed by atoms with Crippen molar-refractivity contribution < 1.29 is 27.5 Å². The first kappa shape index (κ1) is 22.8. The predicted octanol–water partition coefficient (Wildman–Crippen LogP) is 1.90. The molecule has 1 N–H and O–H groups in total. The third-order valence-corrected chi connectivity index (χ3v) is 7.68. The molecular formula is C23H25N3O6S. The molecule has 0 atom stereocenters. The average Bonchev–Trinajstić information content (AvgIpc) is 3.12. The van der Waals surface area contributed by atoms with Crippen molar-refractivity contribution in [2.75, 3.05) is 32.2 Å². The lowest BCUT2D eigenvalue weighted by Gasteiger charge is -2.32. The minimum absolute atomic E-state index is 0.119. The van der Waals surface area contributed by atoms with Crippen LogP contribution in [0.5, 0.6) is 11.5 Å². The number of imide groups is 1. The maximum atomic E-state index is 12.9. The molecule has 174 valence electrons. The lowest BCUT2D eigenvalue weighted by atomic mass is 10.1. The van der Waals surface area contributed by atoms with Crippen molar-refractivity contribution in [3.8, 4) is 11.5 Å². The Labute approximate surface area is 192 Å². The summed E-state index contributed by atoms with van der Waals surface area (Å²) < 4.78 is 37.5. The summed E-state index contributed by atoms with van der Waals surface area (Å²) in [6.07, 6.45) is 2.31. The fourth-order valence-corrected chi connectivity index (χ4v) is 5.38. The number of anilines is 1.